The topological polar surface area (TPSA) is 63.7 Å². The fourth-order valence-electron chi connectivity index (χ4n) is 2.14. The summed E-state index contributed by atoms with van der Waals surface area (Å²) in [5.41, 5.74) is 0.673. The van der Waals surface area contributed by atoms with Gasteiger partial charge in [-0.15, -0.1) is 0 Å². The number of nitrogens with one attached hydrogen (secondary N) is 1. The second-order valence-electron chi connectivity index (χ2n) is 5.28. The Morgan fingerprint density at radius 1 is 1.22 bits per heavy atom. The molecule has 0 aliphatic heterocycles. The second kappa shape index (κ2) is 8.74. The molecule has 0 aliphatic carbocycles. The van der Waals surface area contributed by atoms with Crippen molar-refractivity contribution in [1.29, 1.82) is 0 Å². The van der Waals surface area contributed by atoms with E-state index in [0.29, 0.717) is 27.4 Å². The maximum Gasteiger partial charge on any atom is 0.327 e. The molecular formula is C18H16FN3O3S2. The molecule has 3 aromatic rings. The van der Waals surface area contributed by atoms with Gasteiger partial charge in [0.2, 0.25) is 5.06 Å². The zero-order valence-electron chi connectivity index (χ0n) is 14.5. The third-order valence-electron chi connectivity index (χ3n) is 3.40. The van der Waals surface area contributed by atoms with Gasteiger partial charge >= 0.3 is 6.03 Å². The van der Waals surface area contributed by atoms with Crippen molar-refractivity contribution in [2.45, 2.75) is 0 Å². The summed E-state index contributed by atoms with van der Waals surface area (Å²) in [6.07, 6.45) is 3.28. The van der Waals surface area contributed by atoms with Gasteiger partial charge in [-0.1, -0.05) is 23.5 Å². The molecule has 0 bridgehead atoms. The van der Waals surface area contributed by atoms with Crippen LogP contribution in [0.4, 0.5) is 20.0 Å². The standard InChI is InChI=1S/C18H16FN3O3S2/c1-22(13-6-4-8-15(10-13)25-26-2)18(23)21-17-20-11-16(27-17)24-14-7-3-5-12(19)9-14/h3-11H,1-2H3,(H,20,21,23). The summed E-state index contributed by atoms with van der Waals surface area (Å²) in [5.74, 6) is 0.624. The predicted molar refractivity (Wildman–Crippen MR) is 107 cm³/mol. The highest BCUT2D eigenvalue weighted by molar-refractivity contribution is 7.94. The van der Waals surface area contributed by atoms with E-state index in [4.69, 9.17) is 8.92 Å². The molecule has 0 aliphatic rings. The fourth-order valence-corrected chi connectivity index (χ4v) is 3.12. The normalized spacial score (nSPS) is 10.3. The molecule has 140 valence electrons. The van der Waals surface area contributed by atoms with Crippen molar-refractivity contribution in [1.82, 2.24) is 4.98 Å². The van der Waals surface area contributed by atoms with Gasteiger partial charge in [0, 0.05) is 31.1 Å². The molecule has 1 heterocycles. The zero-order chi connectivity index (χ0) is 19.2. The smallest absolute Gasteiger partial charge is 0.327 e. The van der Waals surface area contributed by atoms with E-state index < -0.39 is 0 Å². The molecule has 9 heteroatoms. The zero-order valence-corrected chi connectivity index (χ0v) is 16.1. The Bertz CT molecular complexity index is 935. The second-order valence-corrected chi connectivity index (χ2v) is 6.77. The van der Waals surface area contributed by atoms with E-state index >= 15 is 0 Å². The first-order chi connectivity index (χ1) is 13.0. The molecule has 1 N–H and O–H groups in total. The maximum absolute atomic E-state index is 13.2. The van der Waals surface area contributed by atoms with Gasteiger partial charge in [-0.2, -0.15) is 0 Å². The molecule has 1 aromatic heterocycles. The van der Waals surface area contributed by atoms with E-state index in [9.17, 15) is 9.18 Å². The van der Waals surface area contributed by atoms with Crippen LogP contribution in [0, 0.1) is 5.82 Å². The summed E-state index contributed by atoms with van der Waals surface area (Å²) >= 11 is 2.37. The lowest BCUT2D eigenvalue weighted by Crippen LogP contribution is -2.31. The predicted octanol–water partition coefficient (Wildman–Crippen LogP) is 5.40. The number of thiazole rings is 1. The molecule has 0 spiro atoms. The Hall–Kier alpha value is -2.78. The Kier molecular flexibility index (Phi) is 6.15. The average Bonchev–Trinajstić information content (AvgIpc) is 3.08. The van der Waals surface area contributed by atoms with Crippen LogP contribution in [0.2, 0.25) is 0 Å². The molecule has 2 aromatic carbocycles. The van der Waals surface area contributed by atoms with Crippen LogP contribution >= 0.6 is 23.4 Å². The number of hydrogen-bond acceptors (Lipinski definition) is 6. The van der Waals surface area contributed by atoms with E-state index in [1.165, 1.54) is 35.3 Å². The summed E-state index contributed by atoms with van der Waals surface area (Å²) < 4.78 is 24.1. The van der Waals surface area contributed by atoms with Gasteiger partial charge in [0.15, 0.2) is 5.13 Å². The highest BCUT2D eigenvalue weighted by Gasteiger charge is 2.14. The summed E-state index contributed by atoms with van der Waals surface area (Å²) in [4.78, 5) is 18.0. The first-order valence-electron chi connectivity index (χ1n) is 7.80. The lowest BCUT2D eigenvalue weighted by molar-refractivity contribution is 0.258. The van der Waals surface area contributed by atoms with Crippen molar-refractivity contribution >= 4 is 40.2 Å². The molecule has 0 unspecified atom stereocenters. The summed E-state index contributed by atoms with van der Waals surface area (Å²) in [6, 6.07) is 12.6. The Morgan fingerprint density at radius 3 is 2.78 bits per heavy atom. The van der Waals surface area contributed by atoms with Gasteiger partial charge in [-0.25, -0.2) is 14.2 Å². The van der Waals surface area contributed by atoms with Crippen LogP contribution in [0.25, 0.3) is 0 Å². The largest absolute Gasteiger partial charge is 0.445 e. The number of anilines is 2. The van der Waals surface area contributed by atoms with Crippen LogP contribution in [-0.2, 0) is 0 Å². The van der Waals surface area contributed by atoms with Gasteiger partial charge in [0.1, 0.15) is 17.3 Å². The number of urea groups is 1. The molecule has 3 rings (SSSR count). The van der Waals surface area contributed by atoms with Crippen LogP contribution in [0.5, 0.6) is 16.6 Å². The van der Waals surface area contributed by atoms with Gasteiger partial charge in [0.05, 0.1) is 18.2 Å². The molecule has 2 amide bonds. The van der Waals surface area contributed by atoms with E-state index in [-0.39, 0.29) is 11.8 Å². The number of rotatable bonds is 6. The molecule has 0 fully saturated rings. The van der Waals surface area contributed by atoms with Crippen LogP contribution in [-0.4, -0.2) is 24.3 Å². The number of nitrogens with zero attached hydrogens (tertiary/aromatic N) is 2. The molecule has 27 heavy (non-hydrogen) atoms. The first kappa shape index (κ1) is 19.0. The monoisotopic (exact) mass is 405 g/mol. The Morgan fingerprint density at radius 2 is 2.00 bits per heavy atom. The van der Waals surface area contributed by atoms with Crippen LogP contribution in [0.1, 0.15) is 0 Å². The van der Waals surface area contributed by atoms with E-state index in [1.54, 1.807) is 37.4 Å². The third kappa shape index (κ3) is 5.11. The van der Waals surface area contributed by atoms with E-state index in [2.05, 4.69) is 10.3 Å². The number of amides is 2. The quantitative estimate of drug-likeness (QED) is 0.556. The number of halogens is 1. The number of aromatic nitrogens is 1. The van der Waals surface area contributed by atoms with Crippen molar-refractivity contribution in [3.05, 3.63) is 60.5 Å². The number of benzene rings is 2. The number of hydrogen-bond donors (Lipinski definition) is 1. The average molecular weight is 405 g/mol. The summed E-state index contributed by atoms with van der Waals surface area (Å²) in [7, 11) is 1.64. The molecule has 6 nitrogen and oxygen atoms in total. The SMILES string of the molecule is CSOc1cccc(N(C)C(=O)Nc2ncc(Oc3cccc(F)c3)s2)c1. The molecule has 0 radical (unpaired) electrons. The Labute approximate surface area is 164 Å². The fraction of sp³-hybridized carbons (Fsp3) is 0.111. The Balaban J connectivity index is 1.64. The van der Waals surface area contributed by atoms with E-state index in [0.717, 1.165) is 11.3 Å². The molecular weight excluding hydrogens is 389 g/mol. The minimum absolute atomic E-state index is 0.358. The van der Waals surface area contributed by atoms with Crippen molar-refractivity contribution in [2.75, 3.05) is 23.5 Å². The van der Waals surface area contributed by atoms with Gasteiger partial charge in [-0.05, 0) is 24.3 Å². The maximum atomic E-state index is 13.2. The summed E-state index contributed by atoms with van der Waals surface area (Å²) in [6.45, 7) is 0. The van der Waals surface area contributed by atoms with Crippen LogP contribution < -0.4 is 19.1 Å². The highest BCUT2D eigenvalue weighted by atomic mass is 32.2. The number of carbonyl (C=O) groups excluding carboxylic acids is 1. The lowest BCUT2D eigenvalue weighted by atomic mass is 10.3. The minimum Gasteiger partial charge on any atom is -0.445 e. The van der Waals surface area contributed by atoms with Gasteiger partial charge < -0.3 is 8.92 Å². The van der Waals surface area contributed by atoms with E-state index in [1.807, 2.05) is 12.3 Å². The minimum atomic E-state index is -0.389. The third-order valence-corrected chi connectivity index (χ3v) is 4.55. The first-order valence-corrected chi connectivity index (χ1v) is 9.76. The van der Waals surface area contributed by atoms with Gasteiger partial charge in [-0.3, -0.25) is 10.2 Å². The van der Waals surface area contributed by atoms with Crippen molar-refractivity contribution in [2.24, 2.45) is 0 Å². The number of ether oxygens (including phenoxy) is 1. The van der Waals surface area contributed by atoms with Crippen molar-refractivity contribution in [3.63, 3.8) is 0 Å². The van der Waals surface area contributed by atoms with Gasteiger partial charge in [0.25, 0.3) is 0 Å². The highest BCUT2D eigenvalue weighted by Crippen LogP contribution is 2.31. The molecule has 0 atom stereocenters. The van der Waals surface area contributed by atoms with Crippen LogP contribution in [0.3, 0.4) is 0 Å². The lowest BCUT2D eigenvalue weighted by Gasteiger charge is -2.17. The number of carbonyl (C=O) groups is 1. The summed E-state index contributed by atoms with van der Waals surface area (Å²) in [5, 5.41) is 3.51. The van der Waals surface area contributed by atoms with Crippen molar-refractivity contribution < 1.29 is 18.1 Å². The van der Waals surface area contributed by atoms with Crippen LogP contribution in [0.15, 0.2) is 54.7 Å². The van der Waals surface area contributed by atoms with Crippen molar-refractivity contribution in [3.8, 4) is 16.6 Å². The molecule has 0 saturated heterocycles. The molecule has 0 saturated carbocycles.